The molecular weight excluding hydrogens is 252 g/mol. The first-order valence-electron chi connectivity index (χ1n) is 7.41. The Labute approximate surface area is 122 Å². The van der Waals surface area contributed by atoms with Crippen LogP contribution in [-0.4, -0.2) is 33.9 Å². The van der Waals surface area contributed by atoms with Crippen LogP contribution in [0.25, 0.3) is 0 Å². The maximum absolute atomic E-state index is 5.66. The molecule has 0 unspecified atom stereocenters. The van der Waals surface area contributed by atoms with Gasteiger partial charge in [0.05, 0.1) is 19.9 Å². The molecule has 2 N–H and O–H groups in total. The molecule has 20 heavy (non-hydrogen) atoms. The number of methoxy groups -OCH3 is 2. The van der Waals surface area contributed by atoms with Crippen LogP contribution in [0.3, 0.4) is 0 Å². The van der Waals surface area contributed by atoms with E-state index >= 15 is 0 Å². The molecule has 1 aromatic rings. The molecule has 0 saturated heterocycles. The topological polar surface area (TPSA) is 47.7 Å². The van der Waals surface area contributed by atoms with Crippen LogP contribution in [0.1, 0.15) is 32.3 Å². The van der Waals surface area contributed by atoms with Gasteiger partial charge in [0, 0.05) is 19.2 Å². The summed E-state index contributed by atoms with van der Waals surface area (Å²) in [4.78, 5) is 2.35. The van der Waals surface area contributed by atoms with E-state index in [-0.39, 0.29) is 0 Å². The molecular formula is C16H28N2O2. The lowest BCUT2D eigenvalue weighted by Crippen LogP contribution is -2.25. The van der Waals surface area contributed by atoms with Crippen LogP contribution in [-0.2, 0) is 6.42 Å². The lowest BCUT2D eigenvalue weighted by molar-refractivity contribution is 0.398. The summed E-state index contributed by atoms with van der Waals surface area (Å²) in [6, 6.07) is 4.13. The first kappa shape index (κ1) is 16.6. The summed E-state index contributed by atoms with van der Waals surface area (Å²) in [5.41, 5.74) is 7.87. The van der Waals surface area contributed by atoms with Gasteiger partial charge in [-0.1, -0.05) is 13.8 Å². The molecule has 1 aromatic carbocycles. The highest BCUT2D eigenvalue weighted by Crippen LogP contribution is 2.36. The van der Waals surface area contributed by atoms with Crippen LogP contribution in [0.5, 0.6) is 11.5 Å². The van der Waals surface area contributed by atoms with Crippen molar-refractivity contribution in [2.75, 3.05) is 38.8 Å². The number of benzene rings is 1. The van der Waals surface area contributed by atoms with E-state index in [0.717, 1.165) is 55.1 Å². The van der Waals surface area contributed by atoms with Crippen molar-refractivity contribution in [3.63, 3.8) is 0 Å². The van der Waals surface area contributed by atoms with E-state index in [1.54, 1.807) is 14.2 Å². The summed E-state index contributed by atoms with van der Waals surface area (Å²) in [6.45, 7) is 7.02. The maximum atomic E-state index is 5.66. The zero-order valence-corrected chi connectivity index (χ0v) is 13.2. The van der Waals surface area contributed by atoms with Gasteiger partial charge in [0.2, 0.25) is 0 Å². The average molecular weight is 280 g/mol. The molecule has 0 aliphatic heterocycles. The molecule has 0 saturated carbocycles. The summed E-state index contributed by atoms with van der Waals surface area (Å²) < 4.78 is 11.1. The van der Waals surface area contributed by atoms with E-state index in [2.05, 4.69) is 30.9 Å². The fraction of sp³-hybridized carbons (Fsp3) is 0.625. The van der Waals surface area contributed by atoms with Gasteiger partial charge in [0.25, 0.3) is 0 Å². The fourth-order valence-electron chi connectivity index (χ4n) is 2.44. The zero-order chi connectivity index (χ0) is 15.0. The molecule has 0 atom stereocenters. The van der Waals surface area contributed by atoms with E-state index in [4.69, 9.17) is 15.2 Å². The lowest BCUT2D eigenvalue weighted by atomic mass is 10.1. The van der Waals surface area contributed by atoms with Crippen molar-refractivity contribution in [2.24, 2.45) is 5.73 Å². The summed E-state index contributed by atoms with van der Waals surface area (Å²) in [5, 5.41) is 0. The van der Waals surface area contributed by atoms with Gasteiger partial charge in [0.15, 0.2) is 0 Å². The number of rotatable bonds is 9. The highest BCUT2D eigenvalue weighted by Gasteiger charge is 2.15. The second-order valence-corrected chi connectivity index (χ2v) is 4.86. The van der Waals surface area contributed by atoms with Gasteiger partial charge in [-0.05, 0) is 37.4 Å². The Balaban J connectivity index is 3.21. The highest BCUT2D eigenvalue weighted by atomic mass is 16.5. The largest absolute Gasteiger partial charge is 0.496 e. The van der Waals surface area contributed by atoms with E-state index in [1.807, 2.05) is 0 Å². The molecule has 0 bridgehead atoms. The molecule has 114 valence electrons. The molecule has 0 aromatic heterocycles. The monoisotopic (exact) mass is 280 g/mol. The van der Waals surface area contributed by atoms with Crippen LogP contribution in [0, 0.1) is 0 Å². The van der Waals surface area contributed by atoms with Crippen molar-refractivity contribution < 1.29 is 9.47 Å². The van der Waals surface area contributed by atoms with E-state index in [1.165, 1.54) is 0 Å². The minimum Gasteiger partial charge on any atom is -0.496 e. The number of nitrogens with two attached hydrogens (primary N) is 1. The minimum atomic E-state index is 0.604. The van der Waals surface area contributed by atoms with Crippen molar-refractivity contribution in [1.29, 1.82) is 0 Å². The normalized spacial score (nSPS) is 10.4. The zero-order valence-electron chi connectivity index (χ0n) is 13.2. The van der Waals surface area contributed by atoms with Crippen LogP contribution in [0.15, 0.2) is 12.1 Å². The second kappa shape index (κ2) is 8.69. The number of hydrogen-bond acceptors (Lipinski definition) is 4. The number of ether oxygens (including phenoxy) is 2. The van der Waals surface area contributed by atoms with Gasteiger partial charge in [-0.15, -0.1) is 0 Å². The smallest absolute Gasteiger partial charge is 0.142 e. The fourth-order valence-corrected chi connectivity index (χ4v) is 2.44. The molecule has 0 aliphatic carbocycles. The van der Waals surface area contributed by atoms with Crippen molar-refractivity contribution in [2.45, 2.75) is 33.1 Å². The van der Waals surface area contributed by atoms with Crippen LogP contribution in [0.2, 0.25) is 0 Å². The molecule has 4 heteroatoms. The Bertz CT molecular complexity index is 402. The number of nitrogens with zero attached hydrogens (tertiary/aromatic N) is 1. The molecule has 1 rings (SSSR count). The third kappa shape index (κ3) is 4.04. The SMILES string of the molecule is CCCN(CCC)c1cc(OC)c(CCN)cc1OC. The summed E-state index contributed by atoms with van der Waals surface area (Å²) in [6.07, 6.45) is 3.01. The number of anilines is 1. The Kier molecular flexibility index (Phi) is 7.23. The molecule has 0 aliphatic rings. The van der Waals surface area contributed by atoms with Gasteiger partial charge in [0.1, 0.15) is 11.5 Å². The molecule has 0 radical (unpaired) electrons. The molecule has 4 nitrogen and oxygen atoms in total. The molecule has 0 spiro atoms. The quantitative estimate of drug-likeness (QED) is 0.755. The van der Waals surface area contributed by atoms with Crippen molar-refractivity contribution in [3.05, 3.63) is 17.7 Å². The Morgan fingerprint density at radius 3 is 2.05 bits per heavy atom. The second-order valence-electron chi connectivity index (χ2n) is 4.86. The lowest BCUT2D eigenvalue weighted by Gasteiger charge is -2.27. The van der Waals surface area contributed by atoms with Gasteiger partial charge in [-0.2, -0.15) is 0 Å². The van der Waals surface area contributed by atoms with Gasteiger partial charge >= 0.3 is 0 Å². The standard InChI is InChI=1S/C16H28N2O2/c1-5-9-18(10-6-2)14-12-15(19-3)13(7-8-17)11-16(14)20-4/h11-12H,5-10,17H2,1-4H3. The first-order chi connectivity index (χ1) is 9.71. The summed E-state index contributed by atoms with van der Waals surface area (Å²) in [5.74, 6) is 1.79. The van der Waals surface area contributed by atoms with Crippen molar-refractivity contribution in [3.8, 4) is 11.5 Å². The summed E-state index contributed by atoms with van der Waals surface area (Å²) in [7, 11) is 3.42. The predicted octanol–water partition coefficient (Wildman–Crippen LogP) is 2.83. The Morgan fingerprint density at radius 2 is 1.60 bits per heavy atom. The molecule has 0 heterocycles. The summed E-state index contributed by atoms with van der Waals surface area (Å²) >= 11 is 0. The first-order valence-corrected chi connectivity index (χ1v) is 7.41. The Hall–Kier alpha value is -1.42. The Morgan fingerprint density at radius 1 is 1.00 bits per heavy atom. The average Bonchev–Trinajstić information content (AvgIpc) is 2.47. The van der Waals surface area contributed by atoms with Gasteiger partial charge in [-0.3, -0.25) is 0 Å². The number of hydrogen-bond donors (Lipinski definition) is 1. The predicted molar refractivity (Wildman–Crippen MR) is 85.1 cm³/mol. The van der Waals surface area contributed by atoms with Crippen molar-refractivity contribution >= 4 is 5.69 Å². The van der Waals surface area contributed by atoms with Gasteiger partial charge < -0.3 is 20.1 Å². The van der Waals surface area contributed by atoms with Crippen LogP contribution < -0.4 is 20.1 Å². The molecule has 0 amide bonds. The maximum Gasteiger partial charge on any atom is 0.142 e. The van der Waals surface area contributed by atoms with Crippen molar-refractivity contribution in [1.82, 2.24) is 0 Å². The van der Waals surface area contributed by atoms with E-state index in [0.29, 0.717) is 6.54 Å². The van der Waals surface area contributed by atoms with Gasteiger partial charge in [-0.25, -0.2) is 0 Å². The highest BCUT2D eigenvalue weighted by molar-refractivity contribution is 5.64. The van der Waals surface area contributed by atoms with E-state index in [9.17, 15) is 0 Å². The van der Waals surface area contributed by atoms with E-state index < -0.39 is 0 Å². The van der Waals surface area contributed by atoms with Crippen LogP contribution in [0.4, 0.5) is 5.69 Å². The van der Waals surface area contributed by atoms with Crippen LogP contribution >= 0.6 is 0 Å². The third-order valence-electron chi connectivity index (χ3n) is 3.32. The minimum absolute atomic E-state index is 0.604. The molecule has 0 fully saturated rings. The third-order valence-corrected chi connectivity index (χ3v) is 3.32.